The molecule has 0 amide bonds. The van der Waals surface area contributed by atoms with E-state index in [-0.39, 0.29) is 49.0 Å². The molecule has 6 heteroatoms. The second-order valence-electron chi connectivity index (χ2n) is 15.6. The molecule has 0 bridgehead atoms. The van der Waals surface area contributed by atoms with E-state index in [0.29, 0.717) is 24.2 Å². The summed E-state index contributed by atoms with van der Waals surface area (Å²) in [5.74, 6) is 0.755. The molecule has 282 valence electrons. The lowest BCUT2D eigenvalue weighted by molar-refractivity contribution is -0.162. The van der Waals surface area contributed by atoms with Gasteiger partial charge >= 0.3 is 11.9 Å². The van der Waals surface area contributed by atoms with E-state index in [4.69, 9.17) is 14.6 Å². The molecule has 3 aliphatic rings. The van der Waals surface area contributed by atoms with Gasteiger partial charge in [0.1, 0.15) is 12.2 Å². The maximum atomic E-state index is 12.5. The van der Waals surface area contributed by atoms with Gasteiger partial charge < -0.3 is 19.7 Å². The van der Waals surface area contributed by atoms with Gasteiger partial charge in [-0.15, -0.1) is 0 Å². The van der Waals surface area contributed by atoms with E-state index < -0.39 is 6.10 Å². The average molecular weight is 695 g/mol. The summed E-state index contributed by atoms with van der Waals surface area (Å²) >= 11 is 0. The number of esters is 2. The van der Waals surface area contributed by atoms with Gasteiger partial charge in [0.2, 0.25) is 0 Å². The molecule has 50 heavy (non-hydrogen) atoms. The van der Waals surface area contributed by atoms with Crippen LogP contribution in [0, 0.1) is 29.6 Å². The number of ether oxygens (including phenoxy) is 2. The summed E-state index contributed by atoms with van der Waals surface area (Å²) in [5.41, 5.74) is 6.93. The van der Waals surface area contributed by atoms with Crippen molar-refractivity contribution in [2.24, 2.45) is 29.6 Å². The molecule has 2 aliphatic carbocycles. The number of allylic oxidation sites excluding steroid dienone is 10. The van der Waals surface area contributed by atoms with Gasteiger partial charge in [-0.1, -0.05) is 92.5 Å². The molecule has 0 aromatic carbocycles. The van der Waals surface area contributed by atoms with E-state index in [1.54, 1.807) is 0 Å². The summed E-state index contributed by atoms with van der Waals surface area (Å²) in [6.45, 7) is 19.3. The first-order valence-electron chi connectivity index (χ1n) is 19.4. The number of aliphatic hydroxyl groups is 2. The number of cyclic esters (lactones) is 1. The Morgan fingerprint density at radius 2 is 1.54 bits per heavy atom. The van der Waals surface area contributed by atoms with Crippen LogP contribution in [0.25, 0.3) is 0 Å². The molecule has 2 N–H and O–H groups in total. The van der Waals surface area contributed by atoms with Gasteiger partial charge in [-0.05, 0) is 122 Å². The third-order valence-electron chi connectivity index (χ3n) is 10.5. The van der Waals surface area contributed by atoms with Crippen LogP contribution in [0.1, 0.15) is 139 Å². The molecule has 1 aliphatic heterocycles. The number of hydrogen-bond acceptors (Lipinski definition) is 6. The molecule has 1 saturated heterocycles. The minimum absolute atomic E-state index is 0.0854. The summed E-state index contributed by atoms with van der Waals surface area (Å²) in [6, 6.07) is 0. The van der Waals surface area contributed by atoms with Crippen LogP contribution in [0.4, 0.5) is 0 Å². The molecule has 0 saturated carbocycles. The van der Waals surface area contributed by atoms with Crippen LogP contribution < -0.4 is 0 Å². The molecule has 0 spiro atoms. The van der Waals surface area contributed by atoms with Gasteiger partial charge in [0, 0.05) is 12.3 Å². The fourth-order valence-corrected chi connectivity index (χ4v) is 7.21. The minimum atomic E-state index is -0.597. The molecule has 0 aromatic heterocycles. The van der Waals surface area contributed by atoms with Gasteiger partial charge in [-0.25, -0.2) is 0 Å². The summed E-state index contributed by atoms with van der Waals surface area (Å²) < 4.78 is 11.5. The smallest absolute Gasteiger partial charge is 0.308 e. The largest absolute Gasteiger partial charge is 0.462 e. The van der Waals surface area contributed by atoms with Crippen LogP contribution in [-0.4, -0.2) is 47.1 Å². The Morgan fingerprint density at radius 3 is 2.10 bits per heavy atom. The Morgan fingerprint density at radius 1 is 0.940 bits per heavy atom. The van der Waals surface area contributed by atoms with Crippen molar-refractivity contribution in [2.45, 2.75) is 158 Å². The van der Waals surface area contributed by atoms with Crippen LogP contribution in [0.15, 0.2) is 70.4 Å². The highest BCUT2D eigenvalue weighted by atomic mass is 16.5. The molecular weight excluding hydrogens is 624 g/mol. The summed E-state index contributed by atoms with van der Waals surface area (Å²) in [7, 11) is 0. The molecule has 1 fully saturated rings. The zero-order chi connectivity index (χ0) is 37.2. The van der Waals surface area contributed by atoms with Crippen LogP contribution in [0.2, 0.25) is 0 Å². The first-order valence-corrected chi connectivity index (χ1v) is 19.4. The molecule has 1 heterocycles. The van der Waals surface area contributed by atoms with Gasteiger partial charge in [-0.2, -0.15) is 0 Å². The van der Waals surface area contributed by atoms with E-state index in [0.717, 1.165) is 57.8 Å². The zero-order valence-corrected chi connectivity index (χ0v) is 32.9. The number of aliphatic hydroxyl groups excluding tert-OH is 2. The summed E-state index contributed by atoms with van der Waals surface area (Å²) in [4.78, 5) is 24.2. The van der Waals surface area contributed by atoms with Gasteiger partial charge in [0.05, 0.1) is 25.0 Å². The number of hydrogen-bond donors (Lipinski definition) is 2. The normalized spacial score (nSPS) is 27.7. The van der Waals surface area contributed by atoms with Crippen LogP contribution in [0.3, 0.4) is 0 Å². The quantitative estimate of drug-likeness (QED) is 0.123. The molecule has 3 rings (SSSR count). The van der Waals surface area contributed by atoms with E-state index >= 15 is 0 Å². The van der Waals surface area contributed by atoms with Crippen molar-refractivity contribution in [3.8, 4) is 0 Å². The number of carbonyl (C=O) groups is 2. The molecule has 0 unspecified atom stereocenters. The molecule has 8 atom stereocenters. The first kappa shape index (κ1) is 43.5. The van der Waals surface area contributed by atoms with Crippen molar-refractivity contribution < 1.29 is 29.3 Å². The van der Waals surface area contributed by atoms with E-state index in [1.807, 2.05) is 19.9 Å². The highest BCUT2D eigenvalue weighted by Crippen LogP contribution is 2.45. The predicted octanol–water partition coefficient (Wildman–Crippen LogP) is 10.3. The van der Waals surface area contributed by atoms with Gasteiger partial charge in [0.25, 0.3) is 0 Å². The minimum Gasteiger partial charge on any atom is -0.462 e. The predicted molar refractivity (Wildman–Crippen MR) is 206 cm³/mol. The Hall–Kier alpha value is -2.70. The molecule has 6 nitrogen and oxygen atoms in total. The second kappa shape index (κ2) is 23.0. The first-order chi connectivity index (χ1) is 23.7. The Labute approximate surface area is 304 Å². The van der Waals surface area contributed by atoms with Crippen molar-refractivity contribution >= 4 is 11.9 Å². The number of fused-ring (bicyclic) bond motifs is 1. The van der Waals surface area contributed by atoms with E-state index in [1.165, 1.54) is 34.3 Å². The monoisotopic (exact) mass is 695 g/mol. The maximum Gasteiger partial charge on any atom is 0.308 e. The lowest BCUT2D eigenvalue weighted by atomic mass is 9.65. The standard InChI is InChI=1S/C24H36O5.C20H34O/c1-5-15(3)24(27)29-21-11-14(2)10-17-7-6-16(4)20(23(17)21)9-8-19-12-18(25)13-22(26)28-19;1-17(2)9-6-10-18(3)11-7-12-19(4)13-8-14-20(5)15-16-21/h6-7,10,14-16,18-21,23,25H,5,8-9,11-13H2,1-4H3;9,11,13,15,21H,6-8,10,12,14,16H2,1-5H3/b;18-11+,19-13+,20-15+/t14-,15-,16-,18+,19+,20-,21-,23-;/m0./s1. The fraction of sp³-hybridized carbons (Fsp3) is 0.682. The average Bonchev–Trinajstić information content (AvgIpc) is 3.03. The highest BCUT2D eigenvalue weighted by molar-refractivity contribution is 5.72. The number of rotatable bonds is 16. The second-order valence-corrected chi connectivity index (χ2v) is 15.6. The van der Waals surface area contributed by atoms with Gasteiger partial charge in [-0.3, -0.25) is 9.59 Å². The Balaban J connectivity index is 0.000000368. The van der Waals surface area contributed by atoms with Gasteiger partial charge in [0.15, 0.2) is 0 Å². The summed E-state index contributed by atoms with van der Waals surface area (Å²) in [6.07, 6.45) is 25.4. The van der Waals surface area contributed by atoms with Crippen molar-refractivity contribution in [3.63, 3.8) is 0 Å². The van der Waals surface area contributed by atoms with Crippen LogP contribution >= 0.6 is 0 Å². The fourth-order valence-electron chi connectivity index (χ4n) is 7.21. The topological polar surface area (TPSA) is 93.1 Å². The van der Waals surface area contributed by atoms with E-state index in [2.05, 4.69) is 84.9 Å². The van der Waals surface area contributed by atoms with Crippen molar-refractivity contribution in [1.82, 2.24) is 0 Å². The SMILES string of the molecule is CC(C)=CCC/C(C)=C/CC/C(C)=C/CC/C(C)=C/CO.CC[C@H](C)C(=O)O[C@H]1C[C@@H](C)C=C2C=C[C@H](C)[C@H](CC[C@@H]3C[C@@H](O)CC(=O)O3)[C@H]21. The zero-order valence-electron chi connectivity index (χ0n) is 32.9. The van der Waals surface area contributed by atoms with Crippen molar-refractivity contribution in [3.05, 3.63) is 70.4 Å². The third-order valence-corrected chi connectivity index (χ3v) is 10.5. The van der Waals surface area contributed by atoms with Crippen LogP contribution in [-0.2, 0) is 19.1 Å². The number of carbonyl (C=O) groups excluding carboxylic acids is 2. The molecule has 0 radical (unpaired) electrons. The summed E-state index contributed by atoms with van der Waals surface area (Å²) in [5, 5.41) is 18.7. The highest BCUT2D eigenvalue weighted by Gasteiger charge is 2.42. The van der Waals surface area contributed by atoms with Crippen LogP contribution in [0.5, 0.6) is 0 Å². The Kier molecular flexibility index (Phi) is 20.0. The van der Waals surface area contributed by atoms with Crippen molar-refractivity contribution in [1.29, 1.82) is 0 Å². The molecule has 0 aromatic rings. The lowest BCUT2D eigenvalue weighted by Gasteiger charge is -2.43. The Bertz CT molecular complexity index is 1240. The third kappa shape index (κ3) is 16.1. The van der Waals surface area contributed by atoms with E-state index in [9.17, 15) is 14.7 Å². The lowest BCUT2D eigenvalue weighted by Crippen LogP contribution is -2.42. The van der Waals surface area contributed by atoms with Crippen molar-refractivity contribution in [2.75, 3.05) is 6.61 Å². The maximum absolute atomic E-state index is 12.5. The molecular formula is C44H70O6.